The van der Waals surface area contributed by atoms with E-state index in [0.717, 1.165) is 5.16 Å². The summed E-state index contributed by atoms with van der Waals surface area (Å²) in [4.78, 5) is 0. The van der Waals surface area contributed by atoms with Gasteiger partial charge in [0.05, 0.1) is 12.1 Å². The topological polar surface area (TPSA) is 63.8 Å². The van der Waals surface area contributed by atoms with E-state index in [-0.39, 0.29) is 6.10 Å². The molecule has 1 aliphatic carbocycles. The largest absolute Gasteiger partial charge is 0.393 e. The Kier molecular flexibility index (Phi) is 3.58. The van der Waals surface area contributed by atoms with Crippen LogP contribution in [0.25, 0.3) is 0 Å². The number of hydrogen-bond donors (Lipinski definition) is 1. The standard InChI is InChI=1S/C9H16N4OS/c1-7(14)6-15-9-10-11-12-13(9)8-4-2-3-5-8/h7-8,14H,2-6H2,1H3/t7-/m0/s1. The van der Waals surface area contributed by atoms with Crippen LogP contribution in [-0.4, -0.2) is 37.2 Å². The molecule has 0 saturated heterocycles. The van der Waals surface area contributed by atoms with Crippen LogP contribution in [-0.2, 0) is 0 Å². The van der Waals surface area contributed by atoms with Crippen LogP contribution in [0.5, 0.6) is 0 Å². The molecule has 1 aromatic heterocycles. The minimum absolute atomic E-state index is 0.316. The molecule has 0 bridgehead atoms. The molecule has 1 saturated carbocycles. The summed E-state index contributed by atoms with van der Waals surface area (Å²) in [6.45, 7) is 1.77. The summed E-state index contributed by atoms with van der Waals surface area (Å²) in [5.74, 6) is 0.646. The van der Waals surface area contributed by atoms with Crippen molar-refractivity contribution < 1.29 is 5.11 Å². The Bertz CT molecular complexity index is 309. The maximum Gasteiger partial charge on any atom is 0.209 e. The van der Waals surface area contributed by atoms with Gasteiger partial charge in [-0.15, -0.1) is 5.10 Å². The van der Waals surface area contributed by atoms with Crippen LogP contribution in [0.1, 0.15) is 38.6 Å². The molecule has 1 aliphatic rings. The van der Waals surface area contributed by atoms with E-state index in [1.807, 2.05) is 4.68 Å². The predicted octanol–water partition coefficient (Wildman–Crippen LogP) is 1.26. The number of aliphatic hydroxyl groups excluding tert-OH is 1. The minimum Gasteiger partial charge on any atom is -0.393 e. The summed E-state index contributed by atoms with van der Waals surface area (Å²) in [7, 11) is 0. The van der Waals surface area contributed by atoms with E-state index in [4.69, 9.17) is 0 Å². The highest BCUT2D eigenvalue weighted by Crippen LogP contribution is 2.31. The van der Waals surface area contributed by atoms with E-state index < -0.39 is 0 Å². The number of thioether (sulfide) groups is 1. The third-order valence-corrected chi connectivity index (χ3v) is 3.76. The van der Waals surface area contributed by atoms with Gasteiger partial charge in [-0.2, -0.15) is 0 Å². The molecule has 15 heavy (non-hydrogen) atoms. The van der Waals surface area contributed by atoms with Crippen molar-refractivity contribution >= 4 is 11.8 Å². The first-order valence-electron chi connectivity index (χ1n) is 5.36. The van der Waals surface area contributed by atoms with Gasteiger partial charge in [0.25, 0.3) is 0 Å². The summed E-state index contributed by atoms with van der Waals surface area (Å²) in [6, 6.07) is 0.469. The van der Waals surface area contributed by atoms with Crippen LogP contribution in [0, 0.1) is 0 Å². The van der Waals surface area contributed by atoms with Gasteiger partial charge in [0.15, 0.2) is 0 Å². The average molecular weight is 228 g/mol. The molecule has 0 spiro atoms. The van der Waals surface area contributed by atoms with Crippen molar-refractivity contribution in [2.45, 2.75) is 49.9 Å². The summed E-state index contributed by atoms with van der Waals surface area (Å²) >= 11 is 1.53. The van der Waals surface area contributed by atoms with Crippen LogP contribution in [0.15, 0.2) is 5.16 Å². The highest BCUT2D eigenvalue weighted by atomic mass is 32.2. The van der Waals surface area contributed by atoms with Crippen molar-refractivity contribution in [1.29, 1.82) is 0 Å². The lowest BCUT2D eigenvalue weighted by atomic mass is 10.3. The lowest BCUT2D eigenvalue weighted by Gasteiger charge is -2.10. The molecule has 1 fully saturated rings. The summed E-state index contributed by atoms with van der Waals surface area (Å²) in [6.07, 6.45) is 4.57. The number of tetrazole rings is 1. The fourth-order valence-electron chi connectivity index (χ4n) is 1.85. The molecule has 0 radical (unpaired) electrons. The smallest absolute Gasteiger partial charge is 0.209 e. The SMILES string of the molecule is C[C@H](O)CSc1nnnn1C1CCCC1. The summed E-state index contributed by atoms with van der Waals surface area (Å²) in [5, 5.41) is 21.8. The Morgan fingerprint density at radius 2 is 2.27 bits per heavy atom. The van der Waals surface area contributed by atoms with Gasteiger partial charge in [-0.05, 0) is 30.2 Å². The molecular formula is C9H16N4OS. The lowest BCUT2D eigenvalue weighted by molar-refractivity contribution is 0.220. The Balaban J connectivity index is 2.01. The van der Waals surface area contributed by atoms with Crippen molar-refractivity contribution in [3.05, 3.63) is 0 Å². The fraction of sp³-hybridized carbons (Fsp3) is 0.889. The molecule has 0 aromatic carbocycles. The van der Waals surface area contributed by atoms with Gasteiger partial charge in [-0.1, -0.05) is 24.6 Å². The number of nitrogens with zero attached hydrogens (tertiary/aromatic N) is 4. The zero-order chi connectivity index (χ0) is 10.7. The predicted molar refractivity (Wildman–Crippen MR) is 57.7 cm³/mol. The van der Waals surface area contributed by atoms with Gasteiger partial charge in [0, 0.05) is 5.75 Å². The molecule has 0 aliphatic heterocycles. The van der Waals surface area contributed by atoms with Crippen molar-refractivity contribution in [2.24, 2.45) is 0 Å². The van der Waals surface area contributed by atoms with Crippen molar-refractivity contribution in [3.63, 3.8) is 0 Å². The van der Waals surface area contributed by atoms with E-state index in [1.165, 1.54) is 37.4 Å². The number of rotatable bonds is 4. The minimum atomic E-state index is -0.316. The molecule has 1 aromatic rings. The molecule has 5 nitrogen and oxygen atoms in total. The first-order valence-corrected chi connectivity index (χ1v) is 6.34. The Morgan fingerprint density at radius 1 is 1.53 bits per heavy atom. The molecule has 2 rings (SSSR count). The highest BCUT2D eigenvalue weighted by Gasteiger charge is 2.21. The summed E-state index contributed by atoms with van der Waals surface area (Å²) in [5.41, 5.74) is 0. The fourth-order valence-corrected chi connectivity index (χ4v) is 2.66. The average Bonchev–Trinajstić information content (AvgIpc) is 2.85. The Hall–Kier alpha value is -0.620. The van der Waals surface area contributed by atoms with Crippen LogP contribution >= 0.6 is 11.8 Å². The van der Waals surface area contributed by atoms with Crippen LogP contribution < -0.4 is 0 Å². The van der Waals surface area contributed by atoms with E-state index in [2.05, 4.69) is 15.5 Å². The second-order valence-corrected chi connectivity index (χ2v) is 4.99. The van der Waals surface area contributed by atoms with Crippen LogP contribution in [0.2, 0.25) is 0 Å². The number of aromatic nitrogens is 4. The molecule has 1 N–H and O–H groups in total. The first kappa shape index (κ1) is 10.9. The molecule has 0 amide bonds. The molecule has 6 heteroatoms. The monoisotopic (exact) mass is 228 g/mol. The summed E-state index contributed by atoms with van der Waals surface area (Å²) < 4.78 is 1.92. The van der Waals surface area contributed by atoms with Gasteiger partial charge in [-0.25, -0.2) is 4.68 Å². The highest BCUT2D eigenvalue weighted by molar-refractivity contribution is 7.99. The zero-order valence-corrected chi connectivity index (χ0v) is 9.65. The maximum absolute atomic E-state index is 9.21. The van der Waals surface area contributed by atoms with Crippen LogP contribution in [0.3, 0.4) is 0 Å². The molecule has 84 valence electrons. The number of hydrogen-bond acceptors (Lipinski definition) is 5. The van der Waals surface area contributed by atoms with Gasteiger partial charge >= 0.3 is 0 Å². The third-order valence-electron chi connectivity index (χ3n) is 2.59. The Morgan fingerprint density at radius 3 is 2.93 bits per heavy atom. The van der Waals surface area contributed by atoms with Gasteiger partial charge in [-0.3, -0.25) is 0 Å². The van der Waals surface area contributed by atoms with E-state index in [0.29, 0.717) is 11.8 Å². The second-order valence-electron chi connectivity index (χ2n) is 4.00. The van der Waals surface area contributed by atoms with E-state index >= 15 is 0 Å². The van der Waals surface area contributed by atoms with Crippen molar-refractivity contribution in [1.82, 2.24) is 20.2 Å². The van der Waals surface area contributed by atoms with E-state index in [9.17, 15) is 5.11 Å². The van der Waals surface area contributed by atoms with Gasteiger partial charge in [0.1, 0.15) is 0 Å². The normalized spacial score (nSPS) is 19.6. The van der Waals surface area contributed by atoms with E-state index in [1.54, 1.807) is 6.92 Å². The Labute approximate surface area is 93.2 Å². The maximum atomic E-state index is 9.21. The van der Waals surface area contributed by atoms with Crippen molar-refractivity contribution in [2.75, 3.05) is 5.75 Å². The quantitative estimate of drug-likeness (QED) is 0.786. The second kappa shape index (κ2) is 4.94. The van der Waals surface area contributed by atoms with Crippen molar-refractivity contribution in [3.8, 4) is 0 Å². The third kappa shape index (κ3) is 2.69. The number of aliphatic hydroxyl groups is 1. The van der Waals surface area contributed by atoms with Gasteiger partial charge < -0.3 is 5.11 Å². The van der Waals surface area contributed by atoms with Gasteiger partial charge in [0.2, 0.25) is 5.16 Å². The van der Waals surface area contributed by atoms with Crippen LogP contribution in [0.4, 0.5) is 0 Å². The lowest BCUT2D eigenvalue weighted by Crippen LogP contribution is -2.10. The molecule has 1 heterocycles. The molecular weight excluding hydrogens is 212 g/mol. The molecule has 0 unspecified atom stereocenters. The zero-order valence-electron chi connectivity index (χ0n) is 8.83. The first-order chi connectivity index (χ1) is 7.27. The molecule has 1 atom stereocenters.